The Kier molecular flexibility index (Phi) is 5.70. The van der Waals surface area contributed by atoms with Gasteiger partial charge in [-0.05, 0) is 48.5 Å². The lowest BCUT2D eigenvalue weighted by atomic mass is 9.94. The second kappa shape index (κ2) is 8.84. The van der Waals surface area contributed by atoms with Crippen molar-refractivity contribution >= 4 is 44.1 Å². The molecule has 2 heterocycles. The molecule has 7 nitrogen and oxygen atoms in total. The Bertz CT molecular complexity index is 1500. The number of hydrogen-bond acceptors (Lipinski definition) is 7. The fourth-order valence-electron chi connectivity index (χ4n) is 4.10. The van der Waals surface area contributed by atoms with Crippen LogP contribution in [0.5, 0.6) is 11.5 Å². The Morgan fingerprint density at radius 1 is 1.03 bits per heavy atom. The molecular weight excluding hydrogens is 471 g/mol. The van der Waals surface area contributed by atoms with E-state index in [9.17, 15) is 19.1 Å². The smallest absolute Gasteiger partial charge is 0.301 e. The molecule has 9 heteroatoms. The highest BCUT2D eigenvalue weighted by molar-refractivity contribution is 7.22. The molecule has 3 aromatic carbocycles. The number of thiazole rings is 1. The molecule has 0 bridgehead atoms. The molecule has 0 spiro atoms. The second-order valence-corrected chi connectivity index (χ2v) is 8.76. The lowest BCUT2D eigenvalue weighted by Crippen LogP contribution is -2.29. The zero-order chi connectivity index (χ0) is 24.7. The molecule has 4 aromatic rings. The summed E-state index contributed by atoms with van der Waals surface area (Å²) in [4.78, 5) is 32.5. The topological polar surface area (TPSA) is 89.0 Å². The molecule has 1 N–H and O–H groups in total. The maximum Gasteiger partial charge on any atom is 0.301 e. The highest BCUT2D eigenvalue weighted by Crippen LogP contribution is 2.46. The Morgan fingerprint density at radius 2 is 1.77 bits per heavy atom. The number of rotatable bonds is 5. The van der Waals surface area contributed by atoms with Crippen molar-refractivity contribution in [3.63, 3.8) is 0 Å². The van der Waals surface area contributed by atoms with E-state index in [0.29, 0.717) is 22.6 Å². The number of amides is 1. The summed E-state index contributed by atoms with van der Waals surface area (Å²) >= 11 is 1.22. The van der Waals surface area contributed by atoms with Crippen molar-refractivity contribution in [2.24, 2.45) is 0 Å². The number of methoxy groups -OCH3 is 2. The van der Waals surface area contributed by atoms with E-state index in [0.717, 1.165) is 4.70 Å². The van der Waals surface area contributed by atoms with E-state index in [2.05, 4.69) is 4.98 Å². The van der Waals surface area contributed by atoms with Crippen molar-refractivity contribution in [3.8, 4) is 11.5 Å². The number of fused-ring (bicyclic) bond motifs is 1. The van der Waals surface area contributed by atoms with Gasteiger partial charge in [-0.25, -0.2) is 9.37 Å². The molecule has 176 valence electrons. The first kappa shape index (κ1) is 22.5. The minimum Gasteiger partial charge on any atom is -0.507 e. The molecule has 5 rings (SSSR count). The summed E-state index contributed by atoms with van der Waals surface area (Å²) in [6, 6.07) is 16.3. The van der Waals surface area contributed by atoms with E-state index >= 15 is 0 Å². The number of ketones is 1. The van der Waals surface area contributed by atoms with Crippen LogP contribution < -0.4 is 14.4 Å². The van der Waals surface area contributed by atoms with Crippen molar-refractivity contribution in [1.29, 1.82) is 0 Å². The molecular formula is C26H19FN2O5S. The van der Waals surface area contributed by atoms with Gasteiger partial charge in [-0.2, -0.15) is 0 Å². The minimum absolute atomic E-state index is 0.136. The molecule has 1 saturated heterocycles. The summed E-state index contributed by atoms with van der Waals surface area (Å²) in [5.74, 6) is -1.56. The highest BCUT2D eigenvalue weighted by atomic mass is 32.1. The van der Waals surface area contributed by atoms with Crippen molar-refractivity contribution in [3.05, 3.63) is 89.2 Å². The highest BCUT2D eigenvalue weighted by Gasteiger charge is 2.49. The van der Waals surface area contributed by atoms with E-state index in [-0.39, 0.29) is 16.3 Å². The molecule has 1 aliphatic rings. The van der Waals surface area contributed by atoms with Crippen LogP contribution in [0.25, 0.3) is 16.0 Å². The Hall–Kier alpha value is -4.24. The number of halogens is 1. The third-order valence-electron chi connectivity index (χ3n) is 5.79. The average molecular weight is 491 g/mol. The molecule has 1 fully saturated rings. The fourth-order valence-corrected chi connectivity index (χ4v) is 5.12. The van der Waals surface area contributed by atoms with Crippen molar-refractivity contribution in [1.82, 2.24) is 4.98 Å². The summed E-state index contributed by atoms with van der Waals surface area (Å²) in [6.45, 7) is 0. The van der Waals surface area contributed by atoms with Crippen LogP contribution >= 0.6 is 11.3 Å². The predicted molar refractivity (Wildman–Crippen MR) is 130 cm³/mol. The van der Waals surface area contributed by atoms with Crippen LogP contribution in [0.2, 0.25) is 0 Å². The number of anilines is 1. The van der Waals surface area contributed by atoms with Crippen molar-refractivity contribution in [2.45, 2.75) is 6.04 Å². The van der Waals surface area contributed by atoms with Gasteiger partial charge in [0.05, 0.1) is 30.0 Å². The van der Waals surface area contributed by atoms with E-state index in [4.69, 9.17) is 9.47 Å². The van der Waals surface area contributed by atoms with Crippen molar-refractivity contribution in [2.75, 3.05) is 19.1 Å². The van der Waals surface area contributed by atoms with E-state index in [1.54, 1.807) is 49.6 Å². The summed E-state index contributed by atoms with van der Waals surface area (Å²) in [7, 11) is 3.04. The zero-order valence-corrected chi connectivity index (χ0v) is 19.5. The minimum atomic E-state index is -1.02. The summed E-state index contributed by atoms with van der Waals surface area (Å²) in [6.07, 6.45) is 0. The summed E-state index contributed by atoms with van der Waals surface area (Å²) in [5.41, 5.74) is 1.20. The summed E-state index contributed by atoms with van der Waals surface area (Å²) in [5, 5.41) is 11.4. The summed E-state index contributed by atoms with van der Waals surface area (Å²) < 4.78 is 25.0. The molecule has 0 radical (unpaired) electrons. The van der Waals surface area contributed by atoms with Crippen molar-refractivity contribution < 1.29 is 28.6 Å². The standard InChI is InChI=1S/C26H19FN2O5S/c1-33-16-11-12-18-20(13-16)35-26(28-18)29-22(17-5-3-4-6-19(17)34-2)21(24(31)25(29)32)23(30)14-7-9-15(27)10-8-14/h3-13,22,30H,1-2H3/b23-21+. The normalized spacial score (nSPS) is 17.2. The van der Waals surface area contributed by atoms with Gasteiger partial charge < -0.3 is 14.6 Å². The van der Waals surface area contributed by atoms with Gasteiger partial charge in [0.15, 0.2) is 5.13 Å². The van der Waals surface area contributed by atoms with Crippen LogP contribution in [0, 0.1) is 5.82 Å². The van der Waals surface area contributed by atoms with Crippen LogP contribution in [0.4, 0.5) is 9.52 Å². The number of aliphatic hydroxyl groups excluding tert-OH is 1. The lowest BCUT2D eigenvalue weighted by molar-refractivity contribution is -0.132. The van der Waals surface area contributed by atoms with Gasteiger partial charge in [-0.15, -0.1) is 0 Å². The Balaban J connectivity index is 1.74. The first-order valence-electron chi connectivity index (χ1n) is 10.6. The van der Waals surface area contributed by atoms with Gasteiger partial charge in [0.25, 0.3) is 5.78 Å². The van der Waals surface area contributed by atoms with Crippen LogP contribution in [0.1, 0.15) is 17.2 Å². The van der Waals surface area contributed by atoms with Gasteiger partial charge >= 0.3 is 5.91 Å². The van der Waals surface area contributed by atoms with Gasteiger partial charge in [-0.1, -0.05) is 29.5 Å². The molecule has 0 aliphatic carbocycles. The molecule has 1 unspecified atom stereocenters. The SMILES string of the molecule is COc1ccc2nc(N3C(=O)C(=O)/C(=C(/O)c4ccc(F)cc4)C3c3ccccc3OC)sc2c1. The van der Waals surface area contributed by atoms with Gasteiger partial charge in [-0.3, -0.25) is 14.5 Å². The number of carbonyl (C=O) groups excluding carboxylic acids is 2. The fraction of sp³-hybridized carbons (Fsp3) is 0.115. The number of carbonyl (C=O) groups is 2. The average Bonchev–Trinajstić information content (AvgIpc) is 3.41. The van der Waals surface area contributed by atoms with Crippen LogP contribution in [-0.4, -0.2) is 36.0 Å². The number of para-hydroxylation sites is 1. The maximum atomic E-state index is 13.5. The number of Topliss-reactive ketones (excluding diaryl/α,β-unsaturated/α-hetero) is 1. The third-order valence-corrected chi connectivity index (χ3v) is 6.80. The number of nitrogens with zero attached hydrogens (tertiary/aromatic N) is 2. The largest absolute Gasteiger partial charge is 0.507 e. The maximum absolute atomic E-state index is 13.5. The lowest BCUT2D eigenvalue weighted by Gasteiger charge is -2.24. The Morgan fingerprint density at radius 3 is 2.49 bits per heavy atom. The number of ether oxygens (including phenoxy) is 2. The monoisotopic (exact) mass is 490 g/mol. The zero-order valence-electron chi connectivity index (χ0n) is 18.7. The number of aliphatic hydroxyl groups is 1. The second-order valence-electron chi connectivity index (χ2n) is 7.75. The third kappa shape index (κ3) is 3.79. The first-order chi connectivity index (χ1) is 16.9. The number of aromatic nitrogens is 1. The van der Waals surface area contributed by atoms with Crippen LogP contribution in [0.3, 0.4) is 0 Å². The van der Waals surface area contributed by atoms with Crippen LogP contribution in [-0.2, 0) is 9.59 Å². The Labute approximate surface area is 203 Å². The molecule has 35 heavy (non-hydrogen) atoms. The van der Waals surface area contributed by atoms with Gasteiger partial charge in [0.1, 0.15) is 29.1 Å². The van der Waals surface area contributed by atoms with E-state index < -0.39 is 29.3 Å². The molecule has 1 aromatic heterocycles. The number of hydrogen-bond donors (Lipinski definition) is 1. The predicted octanol–water partition coefficient (Wildman–Crippen LogP) is 5.08. The first-order valence-corrected chi connectivity index (χ1v) is 11.4. The number of benzene rings is 3. The quantitative estimate of drug-likeness (QED) is 0.239. The molecule has 1 aliphatic heterocycles. The van der Waals surface area contributed by atoms with E-state index in [1.165, 1.54) is 47.6 Å². The van der Waals surface area contributed by atoms with E-state index in [1.807, 2.05) is 0 Å². The van der Waals surface area contributed by atoms with Gasteiger partial charge in [0, 0.05) is 11.1 Å². The molecule has 0 saturated carbocycles. The molecule has 1 amide bonds. The van der Waals surface area contributed by atoms with Crippen LogP contribution in [0.15, 0.2) is 72.3 Å². The molecule has 1 atom stereocenters. The van der Waals surface area contributed by atoms with Gasteiger partial charge in [0.2, 0.25) is 0 Å².